The number of hydrogen-bond acceptors (Lipinski definition) is 3. The average molecular weight is 289 g/mol. The number of halogens is 1. The zero-order valence-electron chi connectivity index (χ0n) is 7.33. The fourth-order valence-electron chi connectivity index (χ4n) is 1.48. The molecular formula is C10H9BrOS2. The minimum Gasteiger partial charge on any atom is -0.392 e. The summed E-state index contributed by atoms with van der Waals surface area (Å²) in [6, 6.07) is 4.15. The maximum atomic E-state index is 9.26. The molecule has 0 amide bonds. The summed E-state index contributed by atoms with van der Waals surface area (Å²) in [7, 11) is 0. The van der Waals surface area contributed by atoms with Gasteiger partial charge in [-0.25, -0.2) is 0 Å². The lowest BCUT2D eigenvalue weighted by Crippen LogP contribution is -1.93. The highest BCUT2D eigenvalue weighted by atomic mass is 79.9. The molecule has 1 nitrogen and oxygen atoms in total. The van der Waals surface area contributed by atoms with Crippen molar-refractivity contribution in [2.45, 2.75) is 16.8 Å². The minimum absolute atomic E-state index is 0.0472. The van der Waals surface area contributed by atoms with Gasteiger partial charge in [0.15, 0.2) is 0 Å². The van der Waals surface area contributed by atoms with E-state index in [4.69, 9.17) is 0 Å². The molecule has 2 rings (SSSR count). The van der Waals surface area contributed by atoms with Crippen LogP contribution < -0.4 is 0 Å². The van der Waals surface area contributed by atoms with Crippen molar-refractivity contribution >= 4 is 50.0 Å². The Morgan fingerprint density at radius 3 is 2.93 bits per heavy atom. The van der Waals surface area contributed by atoms with Gasteiger partial charge in [0.2, 0.25) is 0 Å². The van der Waals surface area contributed by atoms with E-state index in [2.05, 4.69) is 34.6 Å². The molecule has 1 heterocycles. The molecule has 74 valence electrons. The predicted octanol–water partition coefficient (Wildman–Crippen LogP) is 3.58. The molecule has 1 aromatic carbocycles. The van der Waals surface area contributed by atoms with Crippen LogP contribution in [0.15, 0.2) is 22.4 Å². The van der Waals surface area contributed by atoms with Crippen LogP contribution in [0.4, 0.5) is 0 Å². The van der Waals surface area contributed by atoms with E-state index < -0.39 is 0 Å². The molecule has 0 aliphatic carbocycles. The summed E-state index contributed by atoms with van der Waals surface area (Å²) in [6.07, 6.45) is 0. The van der Waals surface area contributed by atoms with Crippen LogP contribution in [0.1, 0.15) is 11.1 Å². The number of benzene rings is 1. The smallest absolute Gasteiger partial charge is 0.0695 e. The molecule has 0 atom stereocenters. The van der Waals surface area contributed by atoms with Crippen molar-refractivity contribution in [3.05, 3.63) is 28.6 Å². The number of aliphatic hydroxyl groups excluding tert-OH is 1. The first-order valence-electron chi connectivity index (χ1n) is 4.15. The summed E-state index contributed by atoms with van der Waals surface area (Å²) >= 11 is 9.58. The lowest BCUT2D eigenvalue weighted by Gasteiger charge is -2.08. The molecule has 0 fully saturated rings. The Kier molecular flexibility index (Phi) is 3.17. The second-order valence-electron chi connectivity index (χ2n) is 2.99. The average Bonchev–Trinajstić information content (AvgIpc) is 2.65. The van der Waals surface area contributed by atoms with Crippen molar-refractivity contribution in [2.75, 3.05) is 0 Å². The van der Waals surface area contributed by atoms with Crippen molar-refractivity contribution in [3.8, 4) is 0 Å². The molecule has 1 aromatic heterocycles. The Bertz CT molecular complexity index is 464. The summed E-state index contributed by atoms with van der Waals surface area (Å²) < 4.78 is 1.22. The number of fused-ring (bicyclic) bond motifs is 1. The Balaban J connectivity index is 2.79. The van der Waals surface area contributed by atoms with Gasteiger partial charge in [0.1, 0.15) is 0 Å². The lowest BCUT2D eigenvalue weighted by molar-refractivity contribution is 0.278. The highest BCUT2D eigenvalue weighted by molar-refractivity contribution is 9.08. The number of rotatable bonds is 2. The molecule has 0 radical (unpaired) electrons. The SMILES string of the molecule is OCc1c(CBr)cc2sccc2c1S. The Hall–Kier alpha value is -0.0300. The number of alkyl halides is 1. The number of thiophene rings is 1. The van der Waals surface area contributed by atoms with Crippen LogP contribution in [0.2, 0.25) is 0 Å². The molecular weight excluding hydrogens is 280 g/mol. The first kappa shape index (κ1) is 10.5. The molecule has 0 aliphatic rings. The molecule has 0 saturated heterocycles. The molecule has 14 heavy (non-hydrogen) atoms. The van der Waals surface area contributed by atoms with Crippen LogP contribution in [0.3, 0.4) is 0 Å². The zero-order chi connectivity index (χ0) is 10.1. The molecule has 2 aromatic rings. The quantitative estimate of drug-likeness (QED) is 0.639. The summed E-state index contributed by atoms with van der Waals surface area (Å²) in [6.45, 7) is 0.0472. The molecule has 0 unspecified atom stereocenters. The van der Waals surface area contributed by atoms with Gasteiger partial charge in [0.05, 0.1) is 6.61 Å². The maximum absolute atomic E-state index is 9.26. The van der Waals surface area contributed by atoms with Gasteiger partial charge < -0.3 is 5.11 Å². The molecule has 1 N–H and O–H groups in total. The van der Waals surface area contributed by atoms with Crippen LogP contribution in [-0.4, -0.2) is 5.11 Å². The van der Waals surface area contributed by atoms with Gasteiger partial charge in [-0.3, -0.25) is 0 Å². The summed E-state index contributed by atoms with van der Waals surface area (Å²) in [5.41, 5.74) is 2.04. The molecule has 0 saturated carbocycles. The largest absolute Gasteiger partial charge is 0.392 e. The second kappa shape index (κ2) is 4.23. The minimum atomic E-state index is 0.0472. The van der Waals surface area contributed by atoms with E-state index in [0.29, 0.717) is 0 Å². The topological polar surface area (TPSA) is 20.2 Å². The highest BCUT2D eigenvalue weighted by Crippen LogP contribution is 2.33. The number of thiol groups is 1. The Labute approximate surface area is 100 Å². The van der Waals surface area contributed by atoms with Gasteiger partial charge in [-0.05, 0) is 28.6 Å². The molecule has 4 heteroatoms. The Morgan fingerprint density at radius 2 is 2.29 bits per heavy atom. The first-order valence-corrected chi connectivity index (χ1v) is 6.60. The van der Waals surface area contributed by atoms with Crippen LogP contribution >= 0.6 is 39.9 Å². The van der Waals surface area contributed by atoms with Crippen molar-refractivity contribution in [1.82, 2.24) is 0 Å². The number of hydrogen-bond donors (Lipinski definition) is 2. The lowest BCUT2D eigenvalue weighted by atomic mass is 10.1. The summed E-state index contributed by atoms with van der Waals surface area (Å²) in [5.74, 6) is 0. The fraction of sp³-hybridized carbons (Fsp3) is 0.200. The van der Waals surface area contributed by atoms with Gasteiger partial charge in [-0.2, -0.15) is 0 Å². The summed E-state index contributed by atoms with van der Waals surface area (Å²) in [5, 5.41) is 13.2. The van der Waals surface area contributed by atoms with Gasteiger partial charge in [-0.1, -0.05) is 15.9 Å². The van der Waals surface area contributed by atoms with E-state index in [0.717, 1.165) is 26.7 Å². The van der Waals surface area contributed by atoms with Crippen LogP contribution in [-0.2, 0) is 11.9 Å². The van der Waals surface area contributed by atoms with E-state index >= 15 is 0 Å². The van der Waals surface area contributed by atoms with Crippen molar-refractivity contribution in [2.24, 2.45) is 0 Å². The van der Waals surface area contributed by atoms with E-state index in [1.165, 1.54) is 4.70 Å². The summed E-state index contributed by atoms with van der Waals surface area (Å²) in [4.78, 5) is 0.903. The van der Waals surface area contributed by atoms with Crippen LogP contribution in [0, 0.1) is 0 Å². The zero-order valence-corrected chi connectivity index (χ0v) is 10.6. The molecule has 0 aliphatic heterocycles. The predicted molar refractivity (Wildman–Crippen MR) is 67.6 cm³/mol. The first-order chi connectivity index (χ1) is 6.77. The maximum Gasteiger partial charge on any atom is 0.0695 e. The van der Waals surface area contributed by atoms with Crippen molar-refractivity contribution < 1.29 is 5.11 Å². The third-order valence-corrected chi connectivity index (χ3v) is 4.21. The van der Waals surface area contributed by atoms with E-state index in [-0.39, 0.29) is 6.61 Å². The van der Waals surface area contributed by atoms with Gasteiger partial charge in [-0.15, -0.1) is 24.0 Å². The Morgan fingerprint density at radius 1 is 1.50 bits per heavy atom. The monoisotopic (exact) mass is 288 g/mol. The van der Waals surface area contributed by atoms with E-state index in [1.807, 2.05) is 11.4 Å². The third kappa shape index (κ3) is 1.60. The van der Waals surface area contributed by atoms with Crippen LogP contribution in [0.25, 0.3) is 10.1 Å². The highest BCUT2D eigenvalue weighted by Gasteiger charge is 2.09. The second-order valence-corrected chi connectivity index (χ2v) is 4.94. The van der Waals surface area contributed by atoms with Crippen LogP contribution in [0.5, 0.6) is 0 Å². The van der Waals surface area contributed by atoms with E-state index in [9.17, 15) is 5.11 Å². The van der Waals surface area contributed by atoms with Crippen molar-refractivity contribution in [1.29, 1.82) is 0 Å². The van der Waals surface area contributed by atoms with Crippen molar-refractivity contribution in [3.63, 3.8) is 0 Å². The number of aliphatic hydroxyl groups is 1. The molecule has 0 spiro atoms. The van der Waals surface area contributed by atoms with Gasteiger partial charge >= 0.3 is 0 Å². The third-order valence-electron chi connectivity index (χ3n) is 2.23. The molecule has 0 bridgehead atoms. The fourth-order valence-corrected chi connectivity index (χ4v) is 3.33. The normalized spacial score (nSPS) is 11.1. The van der Waals surface area contributed by atoms with Gasteiger partial charge in [0.25, 0.3) is 0 Å². The standard InChI is InChI=1S/C10H9BrOS2/c11-4-6-3-9-7(1-2-14-9)10(13)8(6)5-12/h1-3,12-13H,4-5H2. The van der Waals surface area contributed by atoms with E-state index in [1.54, 1.807) is 11.3 Å². The van der Waals surface area contributed by atoms with Gasteiger partial charge in [0, 0.05) is 20.3 Å².